The van der Waals surface area contributed by atoms with Gasteiger partial charge < -0.3 is 25.4 Å². The Balaban J connectivity index is 1.92. The molecule has 4 bridgehead atoms. The largest absolute Gasteiger partial charge is 0.490 e. The van der Waals surface area contributed by atoms with Crippen LogP contribution in [0.1, 0.15) is 66.0 Å². The number of ether oxygens (including phenoxy) is 2. The van der Waals surface area contributed by atoms with E-state index in [0.29, 0.717) is 25.1 Å². The zero-order chi connectivity index (χ0) is 31.0. The number of amides is 4. The van der Waals surface area contributed by atoms with Crippen molar-refractivity contribution in [3.05, 3.63) is 42.0 Å². The Bertz CT molecular complexity index is 1140. The van der Waals surface area contributed by atoms with Crippen molar-refractivity contribution in [2.75, 3.05) is 20.3 Å². The van der Waals surface area contributed by atoms with E-state index in [-0.39, 0.29) is 42.2 Å². The van der Waals surface area contributed by atoms with Crippen molar-refractivity contribution in [1.82, 2.24) is 26.4 Å². The number of hydrazine groups is 1. The molecule has 0 spiro atoms. The summed E-state index contributed by atoms with van der Waals surface area (Å²) in [5.74, 6) is -1.46. The molecular formula is C31H47N5O6. The SMILES string of the molecule is CO[C@@H]1/C=C/COc2cccc(c2)[C@@H](C(C)C)NC(=O)[C@@H]2CCCN(N2)C(=O)[C@@H](C)NC(=O)[C@H](C(C)C)NC(=O)[C@@H]1C. The maximum Gasteiger partial charge on any atom is 0.258 e. The molecule has 232 valence electrons. The van der Waals surface area contributed by atoms with Crippen molar-refractivity contribution in [3.63, 3.8) is 0 Å². The number of methoxy groups -OCH3 is 1. The summed E-state index contributed by atoms with van der Waals surface area (Å²) in [6, 6.07) is 4.99. The monoisotopic (exact) mass is 585 g/mol. The predicted molar refractivity (Wildman–Crippen MR) is 159 cm³/mol. The van der Waals surface area contributed by atoms with Crippen molar-refractivity contribution in [1.29, 1.82) is 0 Å². The Morgan fingerprint density at radius 2 is 1.62 bits per heavy atom. The molecule has 0 aromatic heterocycles. The van der Waals surface area contributed by atoms with E-state index >= 15 is 0 Å². The van der Waals surface area contributed by atoms with Crippen LogP contribution in [0.5, 0.6) is 5.75 Å². The summed E-state index contributed by atoms with van der Waals surface area (Å²) >= 11 is 0. The quantitative estimate of drug-likeness (QED) is 0.399. The average Bonchev–Trinajstić information content (AvgIpc) is 2.97. The second-order valence-electron chi connectivity index (χ2n) is 11.8. The van der Waals surface area contributed by atoms with Crippen LogP contribution in [-0.4, -0.2) is 73.1 Å². The molecule has 0 aliphatic carbocycles. The number of hydrogen-bond donors (Lipinski definition) is 4. The lowest BCUT2D eigenvalue weighted by Gasteiger charge is -2.36. The van der Waals surface area contributed by atoms with Gasteiger partial charge in [-0.2, -0.15) is 0 Å². The highest BCUT2D eigenvalue weighted by Crippen LogP contribution is 2.26. The van der Waals surface area contributed by atoms with Crippen LogP contribution in [0.15, 0.2) is 36.4 Å². The van der Waals surface area contributed by atoms with Gasteiger partial charge >= 0.3 is 0 Å². The Morgan fingerprint density at radius 1 is 0.929 bits per heavy atom. The molecule has 4 amide bonds. The van der Waals surface area contributed by atoms with E-state index in [1.165, 1.54) is 12.1 Å². The number of nitrogens with one attached hydrogen (secondary N) is 4. The second kappa shape index (κ2) is 15.2. The van der Waals surface area contributed by atoms with Crippen LogP contribution < -0.4 is 26.1 Å². The maximum absolute atomic E-state index is 13.4. The van der Waals surface area contributed by atoms with E-state index in [9.17, 15) is 19.2 Å². The second-order valence-corrected chi connectivity index (χ2v) is 11.8. The van der Waals surface area contributed by atoms with Crippen molar-refractivity contribution < 1.29 is 28.7 Å². The van der Waals surface area contributed by atoms with Gasteiger partial charge in [-0.25, -0.2) is 5.43 Å². The first-order valence-corrected chi connectivity index (χ1v) is 14.8. The van der Waals surface area contributed by atoms with Gasteiger partial charge in [0.1, 0.15) is 30.5 Å². The van der Waals surface area contributed by atoms with Gasteiger partial charge in [0.05, 0.1) is 18.1 Å². The highest BCUT2D eigenvalue weighted by Gasteiger charge is 2.34. The molecule has 4 N–H and O–H groups in total. The fraction of sp³-hybridized carbons (Fsp3) is 0.613. The molecule has 1 aromatic carbocycles. The molecule has 6 atom stereocenters. The Hall–Kier alpha value is -3.44. The summed E-state index contributed by atoms with van der Waals surface area (Å²) in [6.07, 6.45) is 4.21. The standard InChI is InChI=1S/C31H47N5O6/c1-18(2)26-22-11-8-12-23(17-22)42-16-10-14-25(41-7)20(5)28(37)34-27(19(3)4)30(39)32-21(6)31(40)36-15-9-13-24(35-36)29(38)33-26/h8,10-12,14,17-21,24-27,35H,9,13,15-16H2,1-7H3,(H,32,39)(H,33,38)(H,34,37)/b14-10+/t20-,21-,24+,25-,26-,27+/m1/s1. The first kappa shape index (κ1) is 33.1. The molecular weight excluding hydrogens is 538 g/mol. The summed E-state index contributed by atoms with van der Waals surface area (Å²) in [4.78, 5) is 53.1. The lowest BCUT2D eigenvalue weighted by atomic mass is 9.95. The fourth-order valence-corrected chi connectivity index (χ4v) is 5.17. The van der Waals surface area contributed by atoms with Crippen LogP contribution in [0.4, 0.5) is 0 Å². The molecule has 11 heteroatoms. The molecule has 2 aliphatic heterocycles. The Labute approximate surface area is 249 Å². The third-order valence-electron chi connectivity index (χ3n) is 7.78. The van der Waals surface area contributed by atoms with Gasteiger partial charge in [0.2, 0.25) is 17.7 Å². The summed E-state index contributed by atoms with van der Waals surface area (Å²) in [5.41, 5.74) is 3.97. The number of rotatable bonds is 3. The minimum atomic E-state index is -0.874. The molecule has 2 heterocycles. The molecule has 1 saturated heterocycles. The summed E-state index contributed by atoms with van der Waals surface area (Å²) in [5, 5.41) is 10.1. The first-order chi connectivity index (χ1) is 19.9. The van der Waals surface area contributed by atoms with E-state index < -0.39 is 36.1 Å². The topological polar surface area (TPSA) is 138 Å². The van der Waals surface area contributed by atoms with E-state index in [4.69, 9.17) is 9.47 Å². The lowest BCUT2D eigenvalue weighted by molar-refractivity contribution is -0.143. The third kappa shape index (κ3) is 8.54. The van der Waals surface area contributed by atoms with Gasteiger partial charge in [0.25, 0.3) is 5.91 Å². The zero-order valence-corrected chi connectivity index (χ0v) is 25.8. The van der Waals surface area contributed by atoms with Crippen LogP contribution in [0.25, 0.3) is 0 Å². The smallest absolute Gasteiger partial charge is 0.258 e. The van der Waals surface area contributed by atoms with E-state index in [1.54, 1.807) is 26.0 Å². The third-order valence-corrected chi connectivity index (χ3v) is 7.78. The number of fused-ring (bicyclic) bond motifs is 4. The molecule has 0 radical (unpaired) electrons. The van der Waals surface area contributed by atoms with Gasteiger partial charge in [0.15, 0.2) is 0 Å². The van der Waals surface area contributed by atoms with E-state index in [0.717, 1.165) is 5.56 Å². The molecule has 3 rings (SSSR count). The average molecular weight is 586 g/mol. The first-order valence-electron chi connectivity index (χ1n) is 14.8. The lowest BCUT2D eigenvalue weighted by Crippen LogP contribution is -2.62. The van der Waals surface area contributed by atoms with Crippen LogP contribution in [0.3, 0.4) is 0 Å². The maximum atomic E-state index is 13.4. The van der Waals surface area contributed by atoms with Crippen LogP contribution in [0, 0.1) is 17.8 Å². The van der Waals surface area contributed by atoms with Crippen LogP contribution >= 0.6 is 0 Å². The summed E-state index contributed by atoms with van der Waals surface area (Å²) in [7, 11) is 1.52. The van der Waals surface area contributed by atoms with Crippen LogP contribution in [-0.2, 0) is 23.9 Å². The van der Waals surface area contributed by atoms with Crippen molar-refractivity contribution in [3.8, 4) is 5.75 Å². The molecule has 0 unspecified atom stereocenters. The number of nitrogens with zero attached hydrogens (tertiary/aromatic N) is 1. The number of carbonyl (C=O) groups is 4. The highest BCUT2D eigenvalue weighted by atomic mass is 16.5. The van der Waals surface area contributed by atoms with Crippen molar-refractivity contribution in [2.45, 2.75) is 84.7 Å². The molecule has 2 aliphatic rings. The minimum Gasteiger partial charge on any atom is -0.490 e. The predicted octanol–water partition coefficient (Wildman–Crippen LogP) is 2.24. The molecule has 1 fully saturated rings. The molecule has 1 aromatic rings. The number of benzene rings is 1. The van der Waals surface area contributed by atoms with Crippen molar-refractivity contribution >= 4 is 23.6 Å². The zero-order valence-electron chi connectivity index (χ0n) is 25.8. The Kier molecular flexibility index (Phi) is 11.9. The fourth-order valence-electron chi connectivity index (χ4n) is 5.17. The molecule has 42 heavy (non-hydrogen) atoms. The number of hydrogen-bond acceptors (Lipinski definition) is 7. The van der Waals surface area contributed by atoms with Crippen LogP contribution in [0.2, 0.25) is 0 Å². The van der Waals surface area contributed by atoms with E-state index in [2.05, 4.69) is 21.4 Å². The van der Waals surface area contributed by atoms with Crippen molar-refractivity contribution in [2.24, 2.45) is 17.8 Å². The summed E-state index contributed by atoms with van der Waals surface area (Å²) < 4.78 is 11.5. The van der Waals surface area contributed by atoms with Gasteiger partial charge in [-0.05, 0) is 55.4 Å². The highest BCUT2D eigenvalue weighted by molar-refractivity contribution is 5.92. The normalized spacial score (nSPS) is 29.5. The minimum absolute atomic E-state index is 0.0928. The van der Waals surface area contributed by atoms with E-state index in [1.807, 2.05) is 52.0 Å². The molecule has 11 nitrogen and oxygen atoms in total. The number of carbonyl (C=O) groups excluding carboxylic acids is 4. The Morgan fingerprint density at radius 3 is 2.29 bits per heavy atom. The summed E-state index contributed by atoms with van der Waals surface area (Å²) in [6.45, 7) is 11.7. The van der Waals surface area contributed by atoms with Gasteiger partial charge in [-0.1, -0.05) is 52.8 Å². The van der Waals surface area contributed by atoms with Gasteiger partial charge in [-0.3, -0.25) is 24.2 Å². The van der Waals surface area contributed by atoms with Gasteiger partial charge in [-0.15, -0.1) is 0 Å². The van der Waals surface area contributed by atoms with Gasteiger partial charge in [0, 0.05) is 13.7 Å². The molecule has 0 saturated carbocycles.